The van der Waals surface area contributed by atoms with Crippen LogP contribution in [0.3, 0.4) is 0 Å². The predicted molar refractivity (Wildman–Crippen MR) is 69.3 cm³/mol. The minimum Gasteiger partial charge on any atom is -0.334 e. The lowest BCUT2D eigenvalue weighted by Crippen LogP contribution is -2.38. The molecule has 3 rings (SSSR count). The zero-order valence-corrected chi connectivity index (χ0v) is 11.1. The maximum absolute atomic E-state index is 11.9. The van der Waals surface area contributed by atoms with Crippen LogP contribution in [0.1, 0.15) is 12.0 Å². The first-order valence-electron chi connectivity index (χ1n) is 5.40. The second-order valence-electron chi connectivity index (χ2n) is 4.31. The lowest BCUT2D eigenvalue weighted by atomic mass is 10.2. The van der Waals surface area contributed by atoms with Gasteiger partial charge in [-0.3, -0.25) is 4.79 Å². The van der Waals surface area contributed by atoms with Crippen LogP contribution in [0.25, 0.3) is 0 Å². The van der Waals surface area contributed by atoms with Crippen molar-refractivity contribution in [1.29, 1.82) is 0 Å². The van der Waals surface area contributed by atoms with Gasteiger partial charge in [-0.15, -0.1) is 11.8 Å². The van der Waals surface area contributed by atoms with Crippen molar-refractivity contribution in [1.82, 2.24) is 4.90 Å². The van der Waals surface area contributed by atoms with E-state index in [4.69, 9.17) is 0 Å². The average Bonchev–Trinajstić information content (AvgIpc) is 2.82. The normalized spacial score (nSPS) is 27.8. The largest absolute Gasteiger partial charge is 0.334 e. The number of fused-ring (bicyclic) bond motifs is 2. The van der Waals surface area contributed by atoms with Gasteiger partial charge in [-0.05, 0) is 24.1 Å². The van der Waals surface area contributed by atoms with Gasteiger partial charge >= 0.3 is 0 Å². The summed E-state index contributed by atoms with van der Waals surface area (Å²) in [4.78, 5) is 14.0. The van der Waals surface area contributed by atoms with Gasteiger partial charge in [0.25, 0.3) is 0 Å². The number of rotatable bonds is 2. The number of halogens is 1. The van der Waals surface area contributed by atoms with E-state index in [1.807, 2.05) is 28.8 Å². The maximum atomic E-state index is 11.9. The Morgan fingerprint density at radius 2 is 2.38 bits per heavy atom. The van der Waals surface area contributed by atoms with E-state index in [0.717, 1.165) is 23.2 Å². The van der Waals surface area contributed by atoms with E-state index in [-0.39, 0.29) is 5.25 Å². The summed E-state index contributed by atoms with van der Waals surface area (Å²) in [5.74, 6) is 1.45. The summed E-state index contributed by atoms with van der Waals surface area (Å²) < 4.78 is 1.08. The van der Waals surface area contributed by atoms with Crippen LogP contribution >= 0.6 is 27.7 Å². The first kappa shape index (κ1) is 10.7. The van der Waals surface area contributed by atoms with Gasteiger partial charge in [0.1, 0.15) is 0 Å². The summed E-state index contributed by atoms with van der Waals surface area (Å²) in [5, 5.41) is 0.247. The van der Waals surface area contributed by atoms with Crippen LogP contribution in [-0.4, -0.2) is 27.9 Å². The van der Waals surface area contributed by atoms with E-state index in [1.54, 1.807) is 0 Å². The maximum Gasteiger partial charge on any atom is 0.236 e. The van der Waals surface area contributed by atoms with Crippen LogP contribution in [0.15, 0.2) is 28.7 Å². The second kappa shape index (κ2) is 4.08. The average molecular weight is 298 g/mol. The molecule has 0 aromatic heterocycles. The van der Waals surface area contributed by atoms with Crippen molar-refractivity contribution in [2.24, 2.45) is 0 Å². The van der Waals surface area contributed by atoms with Gasteiger partial charge in [0.05, 0.1) is 5.25 Å². The van der Waals surface area contributed by atoms with Crippen molar-refractivity contribution in [3.63, 3.8) is 0 Å². The van der Waals surface area contributed by atoms with Gasteiger partial charge in [0.2, 0.25) is 5.91 Å². The summed E-state index contributed by atoms with van der Waals surface area (Å²) in [6.45, 7) is 0.764. The zero-order valence-electron chi connectivity index (χ0n) is 8.73. The van der Waals surface area contributed by atoms with Gasteiger partial charge in [0, 0.05) is 22.8 Å². The summed E-state index contributed by atoms with van der Waals surface area (Å²) in [7, 11) is 0. The van der Waals surface area contributed by atoms with Crippen molar-refractivity contribution >= 4 is 33.6 Å². The van der Waals surface area contributed by atoms with Crippen LogP contribution in [0.2, 0.25) is 0 Å². The molecule has 0 aliphatic carbocycles. The van der Waals surface area contributed by atoms with E-state index in [0.29, 0.717) is 11.9 Å². The highest BCUT2D eigenvalue weighted by molar-refractivity contribution is 9.10. The van der Waals surface area contributed by atoms with E-state index < -0.39 is 0 Å². The molecule has 2 aliphatic heterocycles. The minimum absolute atomic E-state index is 0.247. The van der Waals surface area contributed by atoms with Crippen molar-refractivity contribution in [2.75, 3.05) is 5.75 Å². The summed E-state index contributed by atoms with van der Waals surface area (Å²) in [6.07, 6.45) is 1.05. The SMILES string of the molecule is O=C1C2CC(CS2)N1Cc1cccc(Br)c1. The lowest BCUT2D eigenvalue weighted by molar-refractivity contribution is -0.129. The Morgan fingerprint density at radius 3 is 3.06 bits per heavy atom. The predicted octanol–water partition coefficient (Wildman–Crippen LogP) is 2.67. The molecule has 2 atom stereocenters. The molecule has 0 radical (unpaired) electrons. The molecule has 2 heterocycles. The van der Waals surface area contributed by atoms with E-state index in [9.17, 15) is 4.79 Å². The Kier molecular flexibility index (Phi) is 2.72. The van der Waals surface area contributed by atoms with Crippen molar-refractivity contribution in [3.05, 3.63) is 34.3 Å². The molecule has 0 saturated carbocycles. The molecule has 16 heavy (non-hydrogen) atoms. The molecule has 2 nitrogen and oxygen atoms in total. The number of carbonyl (C=O) groups is 1. The minimum atomic E-state index is 0.247. The smallest absolute Gasteiger partial charge is 0.236 e. The first-order valence-corrected chi connectivity index (χ1v) is 7.25. The fraction of sp³-hybridized carbons (Fsp3) is 0.417. The molecule has 2 bridgehead atoms. The Bertz CT molecular complexity index is 437. The summed E-state index contributed by atoms with van der Waals surface area (Å²) in [5.41, 5.74) is 1.21. The molecule has 1 amide bonds. The number of hydrogen-bond acceptors (Lipinski definition) is 2. The fourth-order valence-corrected chi connectivity index (χ4v) is 4.26. The van der Waals surface area contributed by atoms with Gasteiger partial charge < -0.3 is 4.90 Å². The number of carbonyl (C=O) groups excluding carboxylic acids is 1. The molecule has 1 aromatic rings. The van der Waals surface area contributed by atoms with Gasteiger partial charge in [-0.2, -0.15) is 0 Å². The highest BCUT2D eigenvalue weighted by Crippen LogP contribution is 2.39. The molecule has 1 aromatic carbocycles. The molecular formula is C12H12BrNOS. The van der Waals surface area contributed by atoms with Crippen molar-refractivity contribution < 1.29 is 4.79 Å². The number of benzene rings is 1. The fourth-order valence-electron chi connectivity index (χ4n) is 2.40. The van der Waals surface area contributed by atoms with E-state index >= 15 is 0 Å². The Morgan fingerprint density at radius 1 is 1.50 bits per heavy atom. The topological polar surface area (TPSA) is 20.3 Å². The second-order valence-corrected chi connectivity index (χ2v) is 6.46. The number of nitrogens with zero attached hydrogens (tertiary/aromatic N) is 1. The monoisotopic (exact) mass is 297 g/mol. The van der Waals surface area contributed by atoms with E-state index in [1.165, 1.54) is 5.56 Å². The molecule has 4 heteroatoms. The van der Waals surface area contributed by atoms with Crippen molar-refractivity contribution in [2.45, 2.75) is 24.3 Å². The molecule has 0 N–H and O–H groups in total. The third-order valence-corrected chi connectivity index (χ3v) is 5.08. The quantitative estimate of drug-likeness (QED) is 0.836. The molecule has 2 saturated heterocycles. The molecule has 84 valence electrons. The molecular weight excluding hydrogens is 286 g/mol. The van der Waals surface area contributed by atoms with Crippen LogP contribution < -0.4 is 0 Å². The first-order chi connectivity index (χ1) is 7.74. The van der Waals surface area contributed by atoms with Gasteiger partial charge in [-0.1, -0.05) is 28.1 Å². The molecule has 2 unspecified atom stereocenters. The Labute approximate surface area is 108 Å². The zero-order chi connectivity index (χ0) is 11.1. The number of amides is 1. The molecule has 2 aliphatic rings. The standard InChI is InChI=1S/C12H12BrNOS/c13-9-3-1-2-8(4-9)6-14-10-5-11(12(14)15)16-7-10/h1-4,10-11H,5-7H2. The Hall–Kier alpha value is -0.480. The van der Waals surface area contributed by atoms with Crippen LogP contribution in [0.4, 0.5) is 0 Å². The third kappa shape index (κ3) is 1.78. The van der Waals surface area contributed by atoms with Gasteiger partial charge in [-0.25, -0.2) is 0 Å². The van der Waals surface area contributed by atoms with Crippen molar-refractivity contribution in [3.8, 4) is 0 Å². The van der Waals surface area contributed by atoms with Crippen LogP contribution in [-0.2, 0) is 11.3 Å². The Balaban J connectivity index is 1.78. The van der Waals surface area contributed by atoms with Crippen LogP contribution in [0, 0.1) is 0 Å². The summed E-state index contributed by atoms with van der Waals surface area (Å²) in [6, 6.07) is 8.68. The van der Waals surface area contributed by atoms with Crippen LogP contribution in [0.5, 0.6) is 0 Å². The molecule has 0 spiro atoms. The van der Waals surface area contributed by atoms with Gasteiger partial charge in [0.15, 0.2) is 0 Å². The number of likely N-dealkylation sites (tertiary alicyclic amines) is 1. The summed E-state index contributed by atoms with van der Waals surface area (Å²) >= 11 is 5.28. The highest BCUT2D eigenvalue weighted by Gasteiger charge is 2.44. The lowest BCUT2D eigenvalue weighted by Gasteiger charge is -2.26. The van der Waals surface area contributed by atoms with E-state index in [2.05, 4.69) is 28.1 Å². The molecule has 2 fully saturated rings. The number of thioether (sulfide) groups is 1. The third-order valence-electron chi connectivity index (χ3n) is 3.22. The highest BCUT2D eigenvalue weighted by atomic mass is 79.9. The number of hydrogen-bond donors (Lipinski definition) is 0.